The smallest absolute Gasteiger partial charge is 0.407 e. The minimum atomic E-state index is -1.12. The van der Waals surface area contributed by atoms with E-state index in [4.69, 9.17) is 19.9 Å². The molecule has 0 aromatic heterocycles. The summed E-state index contributed by atoms with van der Waals surface area (Å²) in [6, 6.07) is 20.3. The SMILES string of the molecule is CN=C(N)NCCC[C@@H](NC(=O)[C@@H](CCCCNC(=O)OC(C)(C)C)NC(=O)OCC1c2ccccc2-c2ccccc21)C(=O)N[C@@H](CC(C)C)C(=O)OCc1ccc(C)cc1. The van der Waals surface area contributed by atoms with E-state index >= 15 is 0 Å². The number of amides is 4. The molecule has 3 atom stereocenters. The Bertz CT molecular complexity index is 1950. The lowest BCUT2D eigenvalue weighted by Crippen LogP contribution is -2.56. The van der Waals surface area contributed by atoms with Crippen molar-refractivity contribution in [1.82, 2.24) is 26.6 Å². The molecule has 4 amide bonds. The molecule has 1 aliphatic carbocycles. The number of unbranched alkanes of at least 4 members (excludes halogenated alkanes) is 1. The van der Waals surface area contributed by atoms with Crippen LogP contribution in [-0.4, -0.2) is 86.4 Å². The molecule has 15 nitrogen and oxygen atoms in total. The van der Waals surface area contributed by atoms with Crippen molar-refractivity contribution in [2.24, 2.45) is 16.6 Å². The second-order valence-corrected chi connectivity index (χ2v) is 17.0. The highest BCUT2D eigenvalue weighted by atomic mass is 16.6. The molecule has 0 unspecified atom stereocenters. The van der Waals surface area contributed by atoms with Crippen molar-refractivity contribution in [3.05, 3.63) is 95.1 Å². The van der Waals surface area contributed by atoms with Gasteiger partial charge in [0, 0.05) is 26.1 Å². The number of alkyl carbamates (subject to hydrolysis) is 2. The van der Waals surface area contributed by atoms with Crippen LogP contribution in [0.5, 0.6) is 0 Å². The maximum Gasteiger partial charge on any atom is 0.407 e. The first-order valence-electron chi connectivity index (χ1n) is 21.4. The third-order valence-corrected chi connectivity index (χ3v) is 10.2. The van der Waals surface area contributed by atoms with Crippen molar-refractivity contribution in [1.29, 1.82) is 0 Å². The van der Waals surface area contributed by atoms with Crippen LogP contribution < -0.4 is 32.3 Å². The number of fused-ring (bicyclic) bond motifs is 3. The lowest BCUT2D eigenvalue weighted by atomic mass is 9.98. The molecule has 0 radical (unpaired) electrons. The highest BCUT2D eigenvalue weighted by Gasteiger charge is 2.32. The molecular formula is C47H65N7O8. The Morgan fingerprint density at radius 2 is 1.27 bits per heavy atom. The van der Waals surface area contributed by atoms with Gasteiger partial charge in [0.25, 0.3) is 0 Å². The van der Waals surface area contributed by atoms with E-state index < -0.39 is 53.7 Å². The van der Waals surface area contributed by atoms with Crippen LogP contribution in [0, 0.1) is 12.8 Å². The van der Waals surface area contributed by atoms with Gasteiger partial charge in [-0.05, 0) is 100.0 Å². The second kappa shape index (κ2) is 23.8. The van der Waals surface area contributed by atoms with E-state index in [-0.39, 0.29) is 50.4 Å². The summed E-state index contributed by atoms with van der Waals surface area (Å²) in [4.78, 5) is 71.3. The molecule has 0 spiro atoms. The van der Waals surface area contributed by atoms with Gasteiger partial charge in [-0.1, -0.05) is 92.2 Å². The standard InChI is InChI=1S/C47H65N7O8/c1-30(2)27-40(43(57)60-28-32-23-21-31(3)22-24-32)53-41(55)38(20-14-26-50-44(48)49-7)52-42(56)39(19-12-13-25-51-45(58)62-47(4,5)6)54-46(59)61-29-37-35-17-10-8-15-33(35)34-16-9-11-18-36(34)37/h8-11,15-18,21-24,30,37-40H,12-14,19-20,25-29H2,1-7H3,(H,51,58)(H,52,56)(H,53,55)(H,54,59)(H3,48,49,50)/t38-,39-,40+/m1/s1. The number of esters is 1. The number of nitrogens with one attached hydrogen (secondary N) is 5. The highest BCUT2D eigenvalue weighted by Crippen LogP contribution is 2.44. The topological polar surface area (TPSA) is 212 Å². The Morgan fingerprint density at radius 3 is 1.87 bits per heavy atom. The number of guanidine groups is 1. The Kier molecular flexibility index (Phi) is 18.6. The average Bonchev–Trinajstić information content (AvgIpc) is 3.55. The van der Waals surface area contributed by atoms with Gasteiger partial charge in [-0.3, -0.25) is 14.6 Å². The maximum absolute atomic E-state index is 14.2. The number of nitrogens with two attached hydrogens (primary N) is 1. The molecule has 0 bridgehead atoms. The number of ether oxygens (including phenoxy) is 3. The Hall–Kier alpha value is -6.12. The van der Waals surface area contributed by atoms with Crippen molar-refractivity contribution in [2.45, 2.75) is 116 Å². The molecule has 0 heterocycles. The van der Waals surface area contributed by atoms with Gasteiger partial charge >= 0.3 is 18.2 Å². The Balaban J connectivity index is 1.48. The summed E-state index contributed by atoms with van der Waals surface area (Å²) in [7, 11) is 1.54. The van der Waals surface area contributed by atoms with Crippen LogP contribution in [0.15, 0.2) is 77.8 Å². The van der Waals surface area contributed by atoms with E-state index in [1.54, 1.807) is 27.8 Å². The molecule has 7 N–H and O–H groups in total. The number of hydrogen-bond acceptors (Lipinski definition) is 9. The molecule has 15 heteroatoms. The van der Waals surface area contributed by atoms with Crippen molar-refractivity contribution in [3.63, 3.8) is 0 Å². The zero-order chi connectivity index (χ0) is 45.2. The lowest BCUT2D eigenvalue weighted by molar-refractivity contribution is -0.150. The summed E-state index contributed by atoms with van der Waals surface area (Å²) in [5.74, 6) is -1.76. The van der Waals surface area contributed by atoms with E-state index in [0.29, 0.717) is 32.2 Å². The van der Waals surface area contributed by atoms with Crippen LogP contribution in [-0.2, 0) is 35.2 Å². The van der Waals surface area contributed by atoms with Gasteiger partial charge in [0.2, 0.25) is 11.8 Å². The summed E-state index contributed by atoms with van der Waals surface area (Å²) in [6.07, 6.45) is 0.527. The number of carbonyl (C=O) groups excluding carboxylic acids is 5. The summed E-state index contributed by atoms with van der Waals surface area (Å²) >= 11 is 0. The minimum absolute atomic E-state index is 0.0244. The summed E-state index contributed by atoms with van der Waals surface area (Å²) in [5, 5.41) is 14.1. The van der Waals surface area contributed by atoms with Gasteiger partial charge in [-0.15, -0.1) is 0 Å². The minimum Gasteiger partial charge on any atom is -0.459 e. The number of benzene rings is 3. The number of nitrogens with zero attached hydrogens (tertiary/aromatic N) is 1. The molecular weight excluding hydrogens is 791 g/mol. The van der Waals surface area contributed by atoms with Crippen LogP contribution in [0.25, 0.3) is 11.1 Å². The molecule has 0 fully saturated rings. The van der Waals surface area contributed by atoms with E-state index in [1.807, 2.05) is 93.6 Å². The van der Waals surface area contributed by atoms with Crippen LogP contribution in [0.4, 0.5) is 9.59 Å². The second-order valence-electron chi connectivity index (χ2n) is 17.0. The number of hydrogen-bond donors (Lipinski definition) is 6. The van der Waals surface area contributed by atoms with Gasteiger partial charge in [0.05, 0.1) is 0 Å². The van der Waals surface area contributed by atoms with Gasteiger partial charge in [-0.2, -0.15) is 0 Å². The zero-order valence-electron chi connectivity index (χ0n) is 37.2. The first-order chi connectivity index (χ1) is 29.5. The van der Waals surface area contributed by atoms with E-state index in [0.717, 1.165) is 33.4 Å². The first-order valence-corrected chi connectivity index (χ1v) is 21.4. The van der Waals surface area contributed by atoms with Crippen LogP contribution in [0.2, 0.25) is 0 Å². The normalized spacial score (nSPS) is 13.8. The van der Waals surface area contributed by atoms with Gasteiger partial charge < -0.3 is 46.5 Å². The van der Waals surface area contributed by atoms with Gasteiger partial charge in [0.1, 0.15) is 36.9 Å². The van der Waals surface area contributed by atoms with Crippen LogP contribution >= 0.6 is 0 Å². The Morgan fingerprint density at radius 1 is 0.710 bits per heavy atom. The molecule has 0 aliphatic heterocycles. The first kappa shape index (κ1) is 48.5. The maximum atomic E-state index is 14.2. The van der Waals surface area contributed by atoms with Crippen molar-refractivity contribution in [3.8, 4) is 11.1 Å². The molecule has 3 aromatic carbocycles. The van der Waals surface area contributed by atoms with Crippen LogP contribution in [0.3, 0.4) is 0 Å². The third kappa shape index (κ3) is 15.7. The molecule has 0 saturated heterocycles. The largest absolute Gasteiger partial charge is 0.459 e. The molecule has 62 heavy (non-hydrogen) atoms. The van der Waals surface area contributed by atoms with Crippen molar-refractivity contribution >= 4 is 35.9 Å². The fraction of sp³-hybridized carbons (Fsp3) is 0.489. The monoisotopic (exact) mass is 855 g/mol. The fourth-order valence-corrected chi connectivity index (χ4v) is 7.07. The van der Waals surface area contributed by atoms with Crippen LogP contribution in [0.1, 0.15) is 101 Å². The highest BCUT2D eigenvalue weighted by molar-refractivity contribution is 5.93. The predicted molar refractivity (Wildman–Crippen MR) is 239 cm³/mol. The number of rotatable bonds is 21. The zero-order valence-corrected chi connectivity index (χ0v) is 37.2. The van der Waals surface area contributed by atoms with Crippen molar-refractivity contribution < 1.29 is 38.2 Å². The lowest BCUT2D eigenvalue weighted by Gasteiger charge is -2.26. The number of aliphatic imine (C=N–C) groups is 1. The van der Waals surface area contributed by atoms with E-state index in [9.17, 15) is 24.0 Å². The third-order valence-electron chi connectivity index (χ3n) is 10.2. The van der Waals surface area contributed by atoms with Crippen molar-refractivity contribution in [2.75, 3.05) is 26.7 Å². The van der Waals surface area contributed by atoms with E-state index in [2.05, 4.69) is 31.6 Å². The van der Waals surface area contributed by atoms with E-state index in [1.165, 1.54) is 0 Å². The summed E-state index contributed by atoms with van der Waals surface area (Å²) in [5.41, 5.74) is 11.3. The summed E-state index contributed by atoms with van der Waals surface area (Å²) < 4.78 is 16.8. The fourth-order valence-electron chi connectivity index (χ4n) is 7.07. The van der Waals surface area contributed by atoms with Gasteiger partial charge in [0.15, 0.2) is 5.96 Å². The molecule has 336 valence electrons. The quantitative estimate of drug-likeness (QED) is 0.0243. The molecule has 0 saturated carbocycles. The Labute approximate surface area is 365 Å². The molecule has 1 aliphatic rings. The van der Waals surface area contributed by atoms with Gasteiger partial charge in [-0.25, -0.2) is 14.4 Å². The molecule has 3 aromatic rings. The number of aryl methyl sites for hydroxylation is 1. The number of carbonyl (C=O) groups is 5. The predicted octanol–water partition coefficient (Wildman–Crippen LogP) is 5.97. The summed E-state index contributed by atoms with van der Waals surface area (Å²) in [6.45, 7) is 11.8. The average molecular weight is 856 g/mol. The molecule has 4 rings (SSSR count).